The number of rotatable bonds is 4. The van der Waals surface area contributed by atoms with E-state index in [4.69, 9.17) is 9.15 Å². The second-order valence-electron chi connectivity index (χ2n) is 5.34. The number of hydrogen-bond donors (Lipinski definition) is 0. The van der Waals surface area contributed by atoms with E-state index in [-0.39, 0.29) is 5.91 Å². The van der Waals surface area contributed by atoms with Gasteiger partial charge in [-0.2, -0.15) is 0 Å². The lowest BCUT2D eigenvalue weighted by molar-refractivity contribution is -0.136. The van der Waals surface area contributed by atoms with E-state index in [0.29, 0.717) is 35.1 Å². The van der Waals surface area contributed by atoms with Crippen LogP contribution in [0.3, 0.4) is 0 Å². The standard InChI is InChI=1S/C16H19NO4/c1-10(2)9-17-11(3)14(16(19)20-4)13(15(17)18)8-12-6-5-7-21-12/h5-8,10H,9H2,1-4H3/b13-8-. The molecule has 0 radical (unpaired) electrons. The van der Waals surface area contributed by atoms with Gasteiger partial charge in [0.2, 0.25) is 0 Å². The molecule has 1 aromatic rings. The third kappa shape index (κ3) is 2.91. The molecule has 1 aliphatic rings. The fraction of sp³-hybridized carbons (Fsp3) is 0.375. The molecule has 21 heavy (non-hydrogen) atoms. The number of carbonyl (C=O) groups is 2. The number of esters is 1. The second kappa shape index (κ2) is 5.99. The van der Waals surface area contributed by atoms with Gasteiger partial charge in [0.25, 0.3) is 5.91 Å². The van der Waals surface area contributed by atoms with Crippen molar-refractivity contribution in [3.8, 4) is 0 Å². The summed E-state index contributed by atoms with van der Waals surface area (Å²) in [5, 5.41) is 0. The molecule has 112 valence electrons. The number of carbonyl (C=O) groups excluding carboxylic acids is 2. The molecule has 0 bridgehead atoms. The Hall–Kier alpha value is -2.30. The summed E-state index contributed by atoms with van der Waals surface area (Å²) < 4.78 is 10.0. The van der Waals surface area contributed by atoms with E-state index in [1.807, 2.05) is 13.8 Å². The third-order valence-corrected chi connectivity index (χ3v) is 3.28. The lowest BCUT2D eigenvalue weighted by atomic mass is 10.1. The van der Waals surface area contributed by atoms with Crippen LogP contribution < -0.4 is 0 Å². The van der Waals surface area contributed by atoms with Gasteiger partial charge in [0.15, 0.2) is 0 Å². The molecule has 5 heteroatoms. The van der Waals surface area contributed by atoms with Crippen molar-refractivity contribution in [1.29, 1.82) is 0 Å². The largest absolute Gasteiger partial charge is 0.465 e. The molecular weight excluding hydrogens is 270 g/mol. The van der Waals surface area contributed by atoms with Crippen LogP contribution in [0.5, 0.6) is 0 Å². The Morgan fingerprint density at radius 1 is 1.48 bits per heavy atom. The van der Waals surface area contributed by atoms with E-state index >= 15 is 0 Å². The van der Waals surface area contributed by atoms with E-state index in [9.17, 15) is 9.59 Å². The molecule has 1 amide bonds. The summed E-state index contributed by atoms with van der Waals surface area (Å²) in [5.41, 5.74) is 1.24. The van der Waals surface area contributed by atoms with Gasteiger partial charge < -0.3 is 14.1 Å². The Labute approximate surface area is 123 Å². The Bertz CT molecular complexity index is 608. The van der Waals surface area contributed by atoms with Crippen LogP contribution in [0, 0.1) is 5.92 Å². The monoisotopic (exact) mass is 289 g/mol. The first-order valence-corrected chi connectivity index (χ1v) is 6.82. The van der Waals surface area contributed by atoms with Crippen LogP contribution in [0.25, 0.3) is 6.08 Å². The number of hydrogen-bond acceptors (Lipinski definition) is 4. The number of allylic oxidation sites excluding steroid dienone is 1. The Kier molecular flexibility index (Phi) is 4.31. The Morgan fingerprint density at radius 2 is 2.19 bits per heavy atom. The van der Waals surface area contributed by atoms with Crippen LogP contribution in [-0.2, 0) is 14.3 Å². The van der Waals surface area contributed by atoms with E-state index in [1.54, 1.807) is 30.0 Å². The summed E-state index contributed by atoms with van der Waals surface area (Å²) in [6, 6.07) is 3.46. The summed E-state index contributed by atoms with van der Waals surface area (Å²) in [6.45, 7) is 6.36. The van der Waals surface area contributed by atoms with Crippen LogP contribution in [0.1, 0.15) is 26.5 Å². The first-order valence-electron chi connectivity index (χ1n) is 6.82. The zero-order valence-corrected chi connectivity index (χ0v) is 12.7. The average Bonchev–Trinajstić information content (AvgIpc) is 3.01. The van der Waals surface area contributed by atoms with Crippen LogP contribution in [0.4, 0.5) is 0 Å². The third-order valence-electron chi connectivity index (χ3n) is 3.28. The quantitative estimate of drug-likeness (QED) is 0.631. The Morgan fingerprint density at radius 3 is 2.71 bits per heavy atom. The lowest BCUT2D eigenvalue weighted by Gasteiger charge is -2.19. The topological polar surface area (TPSA) is 59.8 Å². The van der Waals surface area contributed by atoms with Crippen molar-refractivity contribution in [3.05, 3.63) is 41.0 Å². The van der Waals surface area contributed by atoms with Gasteiger partial charge in [-0.05, 0) is 31.1 Å². The number of amides is 1. The maximum atomic E-state index is 12.6. The number of ether oxygens (including phenoxy) is 1. The molecule has 0 aliphatic carbocycles. The van der Waals surface area contributed by atoms with Gasteiger partial charge >= 0.3 is 5.97 Å². The van der Waals surface area contributed by atoms with Crippen molar-refractivity contribution in [1.82, 2.24) is 4.90 Å². The SMILES string of the molecule is COC(=O)C1=C(C)N(CC(C)C)C(=O)/C1=C\c1ccco1. The summed E-state index contributed by atoms with van der Waals surface area (Å²) in [4.78, 5) is 26.2. The van der Waals surface area contributed by atoms with Gasteiger partial charge in [-0.25, -0.2) is 4.79 Å². The zero-order valence-electron chi connectivity index (χ0n) is 12.7. The van der Waals surface area contributed by atoms with Crippen LogP contribution in [0.15, 0.2) is 39.7 Å². The van der Waals surface area contributed by atoms with Gasteiger partial charge in [0, 0.05) is 12.2 Å². The summed E-state index contributed by atoms with van der Waals surface area (Å²) in [5.74, 6) is 0.118. The zero-order chi connectivity index (χ0) is 15.6. The molecule has 0 saturated heterocycles. The van der Waals surface area contributed by atoms with E-state index < -0.39 is 5.97 Å². The van der Waals surface area contributed by atoms with Gasteiger partial charge in [0.05, 0.1) is 24.5 Å². The number of nitrogens with zero attached hydrogens (tertiary/aromatic N) is 1. The molecular formula is C16H19NO4. The molecule has 0 unspecified atom stereocenters. The molecule has 1 aliphatic heterocycles. The Balaban J connectivity index is 2.48. The van der Waals surface area contributed by atoms with Crippen LogP contribution in [0.2, 0.25) is 0 Å². The summed E-state index contributed by atoms with van der Waals surface area (Å²) in [7, 11) is 1.31. The number of methoxy groups -OCH3 is 1. The van der Waals surface area contributed by atoms with Crippen molar-refractivity contribution >= 4 is 18.0 Å². The normalized spacial score (nSPS) is 17.3. The van der Waals surface area contributed by atoms with Gasteiger partial charge in [-0.1, -0.05) is 13.8 Å². The minimum atomic E-state index is -0.509. The molecule has 0 atom stereocenters. The van der Waals surface area contributed by atoms with Crippen LogP contribution in [-0.4, -0.2) is 30.4 Å². The van der Waals surface area contributed by atoms with Gasteiger partial charge in [-0.3, -0.25) is 4.79 Å². The molecule has 0 fully saturated rings. The minimum Gasteiger partial charge on any atom is -0.465 e. The van der Waals surface area contributed by atoms with Crippen molar-refractivity contribution in [2.24, 2.45) is 5.92 Å². The smallest absolute Gasteiger partial charge is 0.340 e. The highest BCUT2D eigenvalue weighted by Crippen LogP contribution is 2.32. The second-order valence-corrected chi connectivity index (χ2v) is 5.34. The fourth-order valence-electron chi connectivity index (χ4n) is 2.33. The van der Waals surface area contributed by atoms with Crippen molar-refractivity contribution in [3.63, 3.8) is 0 Å². The first kappa shape index (κ1) is 15.1. The predicted octanol–water partition coefficient (Wildman–Crippen LogP) is 2.61. The van der Waals surface area contributed by atoms with Crippen molar-refractivity contribution in [2.45, 2.75) is 20.8 Å². The highest BCUT2D eigenvalue weighted by molar-refractivity contribution is 6.16. The molecule has 1 aromatic heterocycles. The maximum absolute atomic E-state index is 12.6. The highest BCUT2D eigenvalue weighted by atomic mass is 16.5. The lowest BCUT2D eigenvalue weighted by Crippen LogP contribution is -2.28. The first-order chi connectivity index (χ1) is 9.95. The molecule has 2 heterocycles. The molecule has 0 aromatic carbocycles. The molecule has 0 spiro atoms. The van der Waals surface area contributed by atoms with Crippen molar-refractivity contribution < 1.29 is 18.7 Å². The maximum Gasteiger partial charge on any atom is 0.340 e. The summed E-state index contributed by atoms with van der Waals surface area (Å²) in [6.07, 6.45) is 3.10. The molecule has 5 nitrogen and oxygen atoms in total. The van der Waals surface area contributed by atoms with Crippen LogP contribution >= 0.6 is 0 Å². The predicted molar refractivity (Wildman–Crippen MR) is 78.0 cm³/mol. The number of furan rings is 1. The van der Waals surface area contributed by atoms with E-state index in [2.05, 4.69) is 0 Å². The highest BCUT2D eigenvalue weighted by Gasteiger charge is 2.37. The molecule has 0 N–H and O–H groups in total. The van der Waals surface area contributed by atoms with Crippen molar-refractivity contribution in [2.75, 3.05) is 13.7 Å². The average molecular weight is 289 g/mol. The molecule has 0 saturated carbocycles. The van der Waals surface area contributed by atoms with E-state index in [1.165, 1.54) is 13.4 Å². The minimum absolute atomic E-state index is 0.196. The van der Waals surface area contributed by atoms with Gasteiger partial charge in [0.1, 0.15) is 5.76 Å². The van der Waals surface area contributed by atoms with E-state index in [0.717, 1.165) is 0 Å². The molecule has 2 rings (SSSR count). The summed E-state index contributed by atoms with van der Waals surface area (Å²) >= 11 is 0. The fourth-order valence-corrected chi connectivity index (χ4v) is 2.33. The van der Waals surface area contributed by atoms with Gasteiger partial charge in [-0.15, -0.1) is 0 Å².